The number of nitrogens with one attached hydrogen (secondary N) is 1. The summed E-state index contributed by atoms with van der Waals surface area (Å²) >= 11 is 0. The van der Waals surface area contributed by atoms with Gasteiger partial charge in [0.2, 0.25) is 0 Å². The predicted octanol–water partition coefficient (Wildman–Crippen LogP) is 3.63. The number of hydrogen-bond donors (Lipinski definition) is 1. The summed E-state index contributed by atoms with van der Waals surface area (Å²) in [5, 5.41) is 23.3. The maximum atomic E-state index is 11.2. The average Bonchev–Trinajstić information content (AvgIpc) is 2.52. The Hall–Kier alpha value is -2.13. The van der Waals surface area contributed by atoms with Gasteiger partial charge < -0.3 is 5.32 Å². The Bertz CT molecular complexity index is 562. The van der Waals surface area contributed by atoms with E-state index >= 15 is 0 Å². The first-order chi connectivity index (χ1) is 10.9. The van der Waals surface area contributed by atoms with Crippen LogP contribution in [0, 0.1) is 27.4 Å². The molecule has 1 aromatic rings. The number of nitrogens with zero attached hydrogens (tertiary/aromatic N) is 3. The van der Waals surface area contributed by atoms with Crippen molar-refractivity contribution in [3.8, 4) is 6.07 Å². The van der Waals surface area contributed by atoms with Crippen molar-refractivity contribution in [2.75, 3.05) is 25.0 Å². The molecule has 1 aromatic carbocycles. The molecule has 0 amide bonds. The first kappa shape index (κ1) is 18.9. The molecule has 0 aliphatic rings. The molecule has 0 aliphatic heterocycles. The van der Waals surface area contributed by atoms with Gasteiger partial charge in [0.1, 0.15) is 5.69 Å². The molecule has 0 saturated carbocycles. The van der Waals surface area contributed by atoms with Crippen molar-refractivity contribution in [1.82, 2.24) is 4.90 Å². The van der Waals surface area contributed by atoms with E-state index < -0.39 is 4.92 Å². The molecular formula is C17H26N4O2. The minimum absolute atomic E-state index is 0.0492. The van der Waals surface area contributed by atoms with Crippen molar-refractivity contribution in [3.63, 3.8) is 0 Å². The smallest absolute Gasteiger partial charge is 0.293 e. The molecule has 0 bridgehead atoms. The minimum atomic E-state index is -0.446. The highest BCUT2D eigenvalue weighted by Crippen LogP contribution is 2.26. The highest BCUT2D eigenvalue weighted by molar-refractivity contribution is 5.64. The standard InChI is InChI=1S/C17H26N4O2/c1-5-20(6-2)15(9-13(3)4)12-19-16-8-7-14(11-18)10-17(16)21(22)23/h7-8,10,13,15,19H,5-6,9,12H2,1-4H3. The van der Waals surface area contributed by atoms with Crippen LogP contribution in [0.25, 0.3) is 0 Å². The van der Waals surface area contributed by atoms with Crippen LogP contribution in [0.2, 0.25) is 0 Å². The summed E-state index contributed by atoms with van der Waals surface area (Å²) in [7, 11) is 0. The summed E-state index contributed by atoms with van der Waals surface area (Å²) in [6.45, 7) is 11.2. The number of likely N-dealkylation sites (N-methyl/N-ethyl adjacent to an activating group) is 1. The van der Waals surface area contributed by atoms with E-state index in [2.05, 4.69) is 37.9 Å². The van der Waals surface area contributed by atoms with Crippen LogP contribution in [0.15, 0.2) is 18.2 Å². The normalized spacial score (nSPS) is 12.2. The van der Waals surface area contributed by atoms with Gasteiger partial charge in [-0.05, 0) is 37.6 Å². The number of benzene rings is 1. The zero-order valence-corrected chi connectivity index (χ0v) is 14.4. The quantitative estimate of drug-likeness (QED) is 0.555. The molecule has 6 nitrogen and oxygen atoms in total. The number of rotatable bonds is 9. The van der Waals surface area contributed by atoms with E-state index in [1.807, 2.05) is 6.07 Å². The Kier molecular flexibility index (Phi) is 7.49. The molecule has 0 radical (unpaired) electrons. The van der Waals surface area contributed by atoms with Crippen molar-refractivity contribution in [2.24, 2.45) is 5.92 Å². The largest absolute Gasteiger partial charge is 0.378 e. The third-order valence-corrected chi connectivity index (χ3v) is 3.92. The molecule has 6 heteroatoms. The fraction of sp³-hybridized carbons (Fsp3) is 0.588. The average molecular weight is 318 g/mol. The first-order valence-corrected chi connectivity index (χ1v) is 8.09. The molecule has 0 aromatic heterocycles. The summed E-state index contributed by atoms with van der Waals surface area (Å²) < 4.78 is 0. The fourth-order valence-electron chi connectivity index (χ4n) is 2.78. The van der Waals surface area contributed by atoms with Gasteiger partial charge in [-0.1, -0.05) is 27.7 Å². The van der Waals surface area contributed by atoms with E-state index in [0.717, 1.165) is 19.5 Å². The molecule has 1 rings (SSSR count). The lowest BCUT2D eigenvalue weighted by atomic mass is 10.0. The highest BCUT2D eigenvalue weighted by atomic mass is 16.6. The molecule has 0 aliphatic carbocycles. The zero-order chi connectivity index (χ0) is 17.4. The summed E-state index contributed by atoms with van der Waals surface area (Å²) in [6, 6.07) is 6.79. The Balaban J connectivity index is 2.92. The second kappa shape index (κ2) is 9.11. The molecule has 0 heterocycles. The third-order valence-electron chi connectivity index (χ3n) is 3.92. The Morgan fingerprint density at radius 2 is 2.00 bits per heavy atom. The molecule has 1 N–H and O–H groups in total. The Labute approximate surface area is 138 Å². The highest BCUT2D eigenvalue weighted by Gasteiger charge is 2.20. The van der Waals surface area contributed by atoms with Crippen LogP contribution in [0.1, 0.15) is 39.7 Å². The number of nitriles is 1. The summed E-state index contributed by atoms with van der Waals surface area (Å²) in [5.74, 6) is 0.554. The predicted molar refractivity (Wildman–Crippen MR) is 92.5 cm³/mol. The van der Waals surface area contributed by atoms with Gasteiger partial charge in [0.25, 0.3) is 5.69 Å². The van der Waals surface area contributed by atoms with E-state index in [-0.39, 0.29) is 5.69 Å². The second-order valence-electron chi connectivity index (χ2n) is 5.99. The molecule has 0 saturated heterocycles. The SMILES string of the molecule is CCN(CC)C(CNc1ccc(C#N)cc1[N+](=O)[O-])CC(C)C. The lowest BCUT2D eigenvalue weighted by Crippen LogP contribution is -2.40. The Morgan fingerprint density at radius 3 is 2.48 bits per heavy atom. The van der Waals surface area contributed by atoms with Crippen LogP contribution in [-0.2, 0) is 0 Å². The monoisotopic (exact) mass is 318 g/mol. The molecular weight excluding hydrogens is 292 g/mol. The van der Waals surface area contributed by atoms with Crippen LogP contribution in [0.4, 0.5) is 11.4 Å². The van der Waals surface area contributed by atoms with Crippen LogP contribution < -0.4 is 5.32 Å². The van der Waals surface area contributed by atoms with Crippen molar-refractivity contribution in [2.45, 2.75) is 40.2 Å². The number of hydrogen-bond acceptors (Lipinski definition) is 5. The summed E-state index contributed by atoms with van der Waals surface area (Å²) in [6.07, 6.45) is 1.03. The van der Waals surface area contributed by atoms with E-state index in [1.165, 1.54) is 6.07 Å². The second-order valence-corrected chi connectivity index (χ2v) is 5.99. The zero-order valence-electron chi connectivity index (χ0n) is 14.4. The maximum Gasteiger partial charge on any atom is 0.293 e. The van der Waals surface area contributed by atoms with Gasteiger partial charge in [0, 0.05) is 18.7 Å². The maximum absolute atomic E-state index is 11.2. The van der Waals surface area contributed by atoms with E-state index in [0.29, 0.717) is 29.8 Å². The third kappa shape index (κ3) is 5.53. The van der Waals surface area contributed by atoms with Crippen LogP contribution in [0.3, 0.4) is 0 Å². The van der Waals surface area contributed by atoms with Crippen LogP contribution >= 0.6 is 0 Å². The lowest BCUT2D eigenvalue weighted by Gasteiger charge is -2.31. The fourth-order valence-corrected chi connectivity index (χ4v) is 2.78. The van der Waals surface area contributed by atoms with E-state index in [1.54, 1.807) is 12.1 Å². The van der Waals surface area contributed by atoms with E-state index in [4.69, 9.17) is 5.26 Å². The van der Waals surface area contributed by atoms with E-state index in [9.17, 15) is 10.1 Å². The van der Waals surface area contributed by atoms with Crippen molar-refractivity contribution in [3.05, 3.63) is 33.9 Å². The van der Waals surface area contributed by atoms with Gasteiger partial charge in [-0.3, -0.25) is 15.0 Å². The number of anilines is 1. The molecule has 23 heavy (non-hydrogen) atoms. The topological polar surface area (TPSA) is 82.2 Å². The summed E-state index contributed by atoms with van der Waals surface area (Å²) in [5.41, 5.74) is 0.714. The van der Waals surface area contributed by atoms with Crippen molar-refractivity contribution >= 4 is 11.4 Å². The molecule has 1 unspecified atom stereocenters. The molecule has 0 fully saturated rings. The van der Waals surface area contributed by atoms with Gasteiger partial charge in [-0.2, -0.15) is 5.26 Å². The number of nitro benzene ring substituents is 1. The van der Waals surface area contributed by atoms with Crippen LogP contribution in [-0.4, -0.2) is 35.5 Å². The van der Waals surface area contributed by atoms with Gasteiger partial charge in [0.05, 0.1) is 16.6 Å². The summed E-state index contributed by atoms with van der Waals surface area (Å²) in [4.78, 5) is 13.1. The lowest BCUT2D eigenvalue weighted by molar-refractivity contribution is -0.384. The van der Waals surface area contributed by atoms with Gasteiger partial charge in [0.15, 0.2) is 0 Å². The molecule has 126 valence electrons. The Morgan fingerprint density at radius 1 is 1.35 bits per heavy atom. The van der Waals surface area contributed by atoms with Crippen molar-refractivity contribution < 1.29 is 4.92 Å². The molecule has 0 spiro atoms. The number of nitro groups is 1. The van der Waals surface area contributed by atoms with Gasteiger partial charge >= 0.3 is 0 Å². The van der Waals surface area contributed by atoms with Gasteiger partial charge in [-0.25, -0.2) is 0 Å². The van der Waals surface area contributed by atoms with Crippen LogP contribution in [0.5, 0.6) is 0 Å². The van der Waals surface area contributed by atoms with Gasteiger partial charge in [-0.15, -0.1) is 0 Å². The molecule has 1 atom stereocenters. The van der Waals surface area contributed by atoms with Crippen molar-refractivity contribution in [1.29, 1.82) is 5.26 Å². The minimum Gasteiger partial charge on any atom is -0.378 e. The first-order valence-electron chi connectivity index (χ1n) is 8.09.